The van der Waals surface area contributed by atoms with Crippen molar-refractivity contribution < 1.29 is 33.1 Å². The van der Waals surface area contributed by atoms with Crippen LogP contribution in [0.3, 0.4) is 0 Å². The Morgan fingerprint density at radius 1 is 1.08 bits per heavy atom. The predicted molar refractivity (Wildman–Crippen MR) is 135 cm³/mol. The van der Waals surface area contributed by atoms with Crippen molar-refractivity contribution >= 4 is 16.0 Å². The van der Waals surface area contributed by atoms with E-state index in [0.29, 0.717) is 36.0 Å². The smallest absolute Gasteiger partial charge is 0.220 e. The molecule has 4 N–H and O–H groups in total. The van der Waals surface area contributed by atoms with Gasteiger partial charge in [-0.25, -0.2) is 8.42 Å². The van der Waals surface area contributed by atoms with Crippen LogP contribution < -0.4 is 5.32 Å². The molecule has 208 valence electrons. The molecule has 4 aliphatic carbocycles. The molecular formula is C27H46NO7S-. The van der Waals surface area contributed by atoms with Crippen molar-refractivity contribution in [3.05, 3.63) is 0 Å². The normalized spacial score (nSPS) is 44.1. The fourth-order valence-electron chi connectivity index (χ4n) is 9.41. The van der Waals surface area contributed by atoms with Gasteiger partial charge in [0, 0.05) is 6.42 Å². The van der Waals surface area contributed by atoms with Gasteiger partial charge in [0.25, 0.3) is 0 Å². The minimum Gasteiger partial charge on any atom is -0.748 e. The zero-order chi connectivity index (χ0) is 26.5. The molecule has 8 nitrogen and oxygen atoms in total. The second kappa shape index (κ2) is 10.4. The SMILES string of the molecule is C[C@H](CCC(=O)N[C@@H](CO)CS(=O)(=O)[O-])[C@H]1CC[C@H]2[C@@H]3CC[C@@H]4C[C@H](O)CC[C@]4(C)[C@H]3C[C@H](O)[C@]12C. The Hall–Kier alpha value is -0.740. The minimum atomic E-state index is -4.54. The average molecular weight is 529 g/mol. The van der Waals surface area contributed by atoms with E-state index < -0.39 is 28.5 Å². The summed E-state index contributed by atoms with van der Waals surface area (Å²) in [5, 5.41) is 33.7. The third-order valence-electron chi connectivity index (χ3n) is 11.3. The number of hydrogen-bond donors (Lipinski definition) is 4. The van der Waals surface area contributed by atoms with Gasteiger partial charge in [-0.05, 0) is 104 Å². The molecule has 0 spiro atoms. The fraction of sp³-hybridized carbons (Fsp3) is 0.963. The molecule has 4 fully saturated rings. The van der Waals surface area contributed by atoms with Crippen LogP contribution in [-0.4, -0.2) is 64.8 Å². The summed E-state index contributed by atoms with van der Waals surface area (Å²) >= 11 is 0. The highest BCUT2D eigenvalue weighted by molar-refractivity contribution is 7.85. The van der Waals surface area contributed by atoms with Gasteiger partial charge in [-0.3, -0.25) is 4.79 Å². The Morgan fingerprint density at radius 3 is 2.47 bits per heavy atom. The van der Waals surface area contributed by atoms with Gasteiger partial charge in [-0.15, -0.1) is 0 Å². The molecule has 0 aromatic rings. The lowest BCUT2D eigenvalue weighted by Crippen LogP contribution is -2.58. The van der Waals surface area contributed by atoms with Gasteiger partial charge in [0.1, 0.15) is 0 Å². The topological polar surface area (TPSA) is 147 Å². The Kier molecular flexibility index (Phi) is 8.20. The standard InChI is InChI=1S/C27H47NO7S/c1-16(4-9-25(32)28-18(14-29)15-36(33,34)35)21-7-8-22-20-6-5-17-12-19(30)10-11-26(17,2)23(20)13-24(31)27(21,22)3/h16-24,29-31H,4-15H2,1-3H3,(H,28,32)(H,33,34,35)/p-1/t16-,17-,18+,19-,20+,21-,22+,23+,24+,26+,27-/m1/s1. The molecule has 36 heavy (non-hydrogen) atoms. The molecule has 0 aliphatic heterocycles. The molecule has 4 saturated carbocycles. The highest BCUT2D eigenvalue weighted by atomic mass is 32.2. The van der Waals surface area contributed by atoms with E-state index in [9.17, 15) is 33.1 Å². The van der Waals surface area contributed by atoms with Crippen LogP contribution in [0.25, 0.3) is 0 Å². The van der Waals surface area contributed by atoms with E-state index in [0.717, 1.165) is 38.5 Å². The maximum absolute atomic E-state index is 12.4. The van der Waals surface area contributed by atoms with Gasteiger partial charge in [0.05, 0.1) is 40.7 Å². The lowest BCUT2D eigenvalue weighted by Gasteiger charge is -2.62. The van der Waals surface area contributed by atoms with Gasteiger partial charge in [0.15, 0.2) is 0 Å². The third kappa shape index (κ3) is 5.24. The van der Waals surface area contributed by atoms with Crippen LogP contribution in [-0.2, 0) is 14.9 Å². The quantitative estimate of drug-likeness (QED) is 0.354. The van der Waals surface area contributed by atoms with Gasteiger partial charge < -0.3 is 25.2 Å². The van der Waals surface area contributed by atoms with Gasteiger partial charge in [0.2, 0.25) is 5.91 Å². The lowest BCUT2D eigenvalue weighted by atomic mass is 9.43. The van der Waals surface area contributed by atoms with Crippen molar-refractivity contribution in [2.45, 2.75) is 103 Å². The zero-order valence-corrected chi connectivity index (χ0v) is 22.9. The van der Waals surface area contributed by atoms with Crippen molar-refractivity contribution in [1.29, 1.82) is 0 Å². The number of nitrogens with one attached hydrogen (secondary N) is 1. The summed E-state index contributed by atoms with van der Waals surface area (Å²) in [6.45, 7) is 6.24. The summed E-state index contributed by atoms with van der Waals surface area (Å²) < 4.78 is 32.9. The summed E-state index contributed by atoms with van der Waals surface area (Å²) in [4.78, 5) is 12.4. The maximum Gasteiger partial charge on any atom is 0.220 e. The zero-order valence-electron chi connectivity index (χ0n) is 22.1. The van der Waals surface area contributed by atoms with Gasteiger partial charge in [-0.1, -0.05) is 20.8 Å². The van der Waals surface area contributed by atoms with E-state index in [1.54, 1.807) is 0 Å². The Balaban J connectivity index is 1.40. The number of hydrogen-bond acceptors (Lipinski definition) is 7. The van der Waals surface area contributed by atoms with Crippen molar-refractivity contribution in [3.8, 4) is 0 Å². The second-order valence-electron chi connectivity index (χ2n) is 13.1. The van der Waals surface area contributed by atoms with Crippen LogP contribution in [0, 0.1) is 46.3 Å². The van der Waals surface area contributed by atoms with Gasteiger partial charge in [-0.2, -0.15) is 0 Å². The van der Waals surface area contributed by atoms with Crippen LogP contribution in [0.4, 0.5) is 0 Å². The molecule has 0 heterocycles. The molecular weight excluding hydrogens is 482 g/mol. The molecule has 0 saturated heterocycles. The number of carbonyl (C=O) groups excluding carboxylic acids is 1. The number of rotatable bonds is 8. The molecule has 0 aromatic carbocycles. The summed E-state index contributed by atoms with van der Waals surface area (Å²) in [7, 11) is -4.54. The van der Waals surface area contributed by atoms with E-state index in [1.165, 1.54) is 12.8 Å². The number of aliphatic hydroxyl groups excluding tert-OH is 3. The molecule has 1 amide bonds. The van der Waals surface area contributed by atoms with E-state index in [2.05, 4.69) is 26.1 Å². The first kappa shape index (κ1) is 28.3. The van der Waals surface area contributed by atoms with Gasteiger partial charge >= 0.3 is 0 Å². The number of aliphatic hydroxyl groups is 3. The summed E-state index contributed by atoms with van der Waals surface area (Å²) in [5.74, 6) is 1.47. The first-order valence-corrected chi connectivity index (χ1v) is 15.6. The molecule has 4 rings (SSSR count). The molecule has 11 atom stereocenters. The fourth-order valence-corrected chi connectivity index (χ4v) is 10.1. The van der Waals surface area contributed by atoms with E-state index >= 15 is 0 Å². The first-order chi connectivity index (χ1) is 16.8. The number of fused-ring (bicyclic) bond motifs is 5. The molecule has 0 aromatic heterocycles. The highest BCUT2D eigenvalue weighted by Crippen LogP contribution is 2.68. The van der Waals surface area contributed by atoms with E-state index in [1.807, 2.05) is 0 Å². The summed E-state index contributed by atoms with van der Waals surface area (Å²) in [5.41, 5.74) is 0.0196. The maximum atomic E-state index is 12.4. The monoisotopic (exact) mass is 528 g/mol. The number of amides is 1. The number of carbonyl (C=O) groups is 1. The predicted octanol–water partition coefficient (Wildman–Crippen LogP) is 2.42. The van der Waals surface area contributed by atoms with Crippen molar-refractivity contribution in [2.75, 3.05) is 12.4 Å². The van der Waals surface area contributed by atoms with Crippen molar-refractivity contribution in [1.82, 2.24) is 5.32 Å². The van der Waals surface area contributed by atoms with Crippen molar-refractivity contribution in [3.63, 3.8) is 0 Å². The molecule has 0 radical (unpaired) electrons. The van der Waals surface area contributed by atoms with Crippen LogP contribution >= 0.6 is 0 Å². The van der Waals surface area contributed by atoms with Crippen LogP contribution in [0.5, 0.6) is 0 Å². The lowest BCUT2D eigenvalue weighted by molar-refractivity contribution is -0.175. The Morgan fingerprint density at radius 2 is 1.81 bits per heavy atom. The second-order valence-corrected chi connectivity index (χ2v) is 14.5. The van der Waals surface area contributed by atoms with E-state index in [4.69, 9.17) is 0 Å². The largest absolute Gasteiger partial charge is 0.748 e. The highest BCUT2D eigenvalue weighted by Gasteiger charge is 2.63. The first-order valence-electron chi connectivity index (χ1n) is 14.0. The summed E-state index contributed by atoms with van der Waals surface area (Å²) in [6.07, 6.45) is 8.38. The van der Waals surface area contributed by atoms with Crippen LogP contribution in [0.15, 0.2) is 0 Å². The minimum absolute atomic E-state index is 0.176. The van der Waals surface area contributed by atoms with Crippen LogP contribution in [0.2, 0.25) is 0 Å². The molecule has 0 bridgehead atoms. The molecule has 4 aliphatic rings. The van der Waals surface area contributed by atoms with Crippen molar-refractivity contribution in [2.24, 2.45) is 46.3 Å². The molecule has 9 heteroatoms. The Labute approximate surface area is 216 Å². The average Bonchev–Trinajstić information content (AvgIpc) is 3.16. The third-order valence-corrected chi connectivity index (χ3v) is 12.1. The van der Waals surface area contributed by atoms with Crippen LogP contribution in [0.1, 0.15) is 85.0 Å². The summed E-state index contributed by atoms with van der Waals surface area (Å²) in [6, 6.07) is -1.09. The van der Waals surface area contributed by atoms with E-state index in [-0.39, 0.29) is 41.3 Å². The Bertz CT molecular complexity index is 912. The molecule has 0 unspecified atom stereocenters.